The Morgan fingerprint density at radius 2 is 1.75 bits per heavy atom. The van der Waals surface area contributed by atoms with Crippen molar-refractivity contribution in [1.29, 1.82) is 0 Å². The maximum absolute atomic E-state index is 11.6. The van der Waals surface area contributed by atoms with Crippen LogP contribution in [0.5, 0.6) is 0 Å². The van der Waals surface area contributed by atoms with Crippen LogP contribution < -0.4 is 16.8 Å². The van der Waals surface area contributed by atoms with E-state index in [0.29, 0.717) is 12.5 Å². The molecule has 6 heteroatoms. The third kappa shape index (κ3) is 6.04. The number of halogens is 1. The lowest BCUT2D eigenvalue weighted by Crippen LogP contribution is -2.42. The summed E-state index contributed by atoms with van der Waals surface area (Å²) in [6.45, 7) is 4.64. The SMILES string of the molecule is CC(C)c1ccc(CNC(=O)C(N)CC(N)=O)cc1.Cl. The predicted octanol–water partition coefficient (Wildman–Crippen LogP) is 1.05. The largest absolute Gasteiger partial charge is 0.370 e. The molecule has 5 N–H and O–H groups in total. The highest BCUT2D eigenvalue weighted by molar-refractivity contribution is 5.87. The number of amides is 2. The first-order chi connectivity index (χ1) is 8.90. The van der Waals surface area contributed by atoms with E-state index in [4.69, 9.17) is 11.5 Å². The fraction of sp³-hybridized carbons (Fsp3) is 0.429. The van der Waals surface area contributed by atoms with Gasteiger partial charge in [0, 0.05) is 6.54 Å². The van der Waals surface area contributed by atoms with E-state index >= 15 is 0 Å². The summed E-state index contributed by atoms with van der Waals surface area (Å²) in [7, 11) is 0. The number of carbonyl (C=O) groups excluding carboxylic acids is 2. The van der Waals surface area contributed by atoms with Crippen molar-refractivity contribution in [3.63, 3.8) is 0 Å². The van der Waals surface area contributed by atoms with E-state index in [-0.39, 0.29) is 24.7 Å². The van der Waals surface area contributed by atoms with Gasteiger partial charge >= 0.3 is 0 Å². The van der Waals surface area contributed by atoms with Crippen molar-refractivity contribution >= 4 is 24.2 Å². The Balaban J connectivity index is 0.00000361. The number of primary amides is 1. The van der Waals surface area contributed by atoms with E-state index in [1.165, 1.54) is 5.56 Å². The van der Waals surface area contributed by atoms with Crippen molar-refractivity contribution in [3.05, 3.63) is 35.4 Å². The highest BCUT2D eigenvalue weighted by atomic mass is 35.5. The second-order valence-corrected chi connectivity index (χ2v) is 4.89. The van der Waals surface area contributed by atoms with Gasteiger partial charge in [0.05, 0.1) is 12.5 Å². The molecule has 0 spiro atoms. The molecule has 0 aliphatic carbocycles. The highest BCUT2D eigenvalue weighted by Gasteiger charge is 2.15. The van der Waals surface area contributed by atoms with E-state index in [1.807, 2.05) is 24.3 Å². The van der Waals surface area contributed by atoms with Gasteiger partial charge in [-0.3, -0.25) is 9.59 Å². The molecule has 0 fully saturated rings. The van der Waals surface area contributed by atoms with Gasteiger partial charge in [0.2, 0.25) is 11.8 Å². The molecular weight excluding hydrogens is 278 g/mol. The Morgan fingerprint density at radius 3 is 2.20 bits per heavy atom. The minimum atomic E-state index is -0.882. The zero-order valence-corrected chi connectivity index (χ0v) is 12.6. The quantitative estimate of drug-likeness (QED) is 0.732. The molecular formula is C14H22ClN3O2. The minimum Gasteiger partial charge on any atom is -0.370 e. The van der Waals surface area contributed by atoms with Crippen LogP contribution >= 0.6 is 12.4 Å². The number of nitrogens with one attached hydrogen (secondary N) is 1. The zero-order valence-electron chi connectivity index (χ0n) is 11.8. The van der Waals surface area contributed by atoms with Gasteiger partial charge in [0.1, 0.15) is 0 Å². The van der Waals surface area contributed by atoms with Crippen molar-refractivity contribution in [3.8, 4) is 0 Å². The fourth-order valence-electron chi connectivity index (χ4n) is 1.65. The van der Waals surface area contributed by atoms with E-state index in [1.54, 1.807) is 0 Å². The van der Waals surface area contributed by atoms with E-state index in [9.17, 15) is 9.59 Å². The molecule has 0 aromatic heterocycles. The molecule has 112 valence electrons. The van der Waals surface area contributed by atoms with Crippen molar-refractivity contribution < 1.29 is 9.59 Å². The zero-order chi connectivity index (χ0) is 14.4. The number of hydrogen-bond acceptors (Lipinski definition) is 3. The molecule has 1 aromatic rings. The standard InChI is InChI=1S/C14H21N3O2.ClH/c1-9(2)11-5-3-10(4-6-11)8-17-14(19)12(15)7-13(16)18;/h3-6,9,12H,7-8,15H2,1-2H3,(H2,16,18)(H,17,19);1H. The average Bonchev–Trinajstić information content (AvgIpc) is 2.35. The Kier molecular flexibility index (Phi) is 7.87. The molecule has 0 radical (unpaired) electrons. The Morgan fingerprint density at radius 1 is 1.20 bits per heavy atom. The number of rotatable bonds is 6. The van der Waals surface area contributed by atoms with Crippen LogP contribution in [0.3, 0.4) is 0 Å². The van der Waals surface area contributed by atoms with Gasteiger partial charge < -0.3 is 16.8 Å². The van der Waals surface area contributed by atoms with Crippen molar-refractivity contribution in [2.24, 2.45) is 11.5 Å². The molecule has 20 heavy (non-hydrogen) atoms. The van der Waals surface area contributed by atoms with Crippen LogP contribution in [0, 0.1) is 0 Å². The van der Waals surface area contributed by atoms with Crippen LogP contribution in [0.1, 0.15) is 37.3 Å². The van der Waals surface area contributed by atoms with Crippen LogP contribution in [0.2, 0.25) is 0 Å². The third-order valence-electron chi connectivity index (χ3n) is 2.87. The molecule has 0 aliphatic rings. The van der Waals surface area contributed by atoms with Gasteiger partial charge in [-0.25, -0.2) is 0 Å². The maximum Gasteiger partial charge on any atom is 0.237 e. The molecule has 1 unspecified atom stereocenters. The lowest BCUT2D eigenvalue weighted by atomic mass is 10.0. The summed E-state index contributed by atoms with van der Waals surface area (Å²) in [5, 5.41) is 2.68. The van der Waals surface area contributed by atoms with Crippen LogP contribution in [-0.2, 0) is 16.1 Å². The van der Waals surface area contributed by atoms with E-state index in [0.717, 1.165) is 5.56 Å². The molecule has 1 rings (SSSR count). The third-order valence-corrected chi connectivity index (χ3v) is 2.87. The van der Waals surface area contributed by atoms with Crippen LogP contribution in [0.15, 0.2) is 24.3 Å². The first kappa shape index (κ1) is 18.4. The average molecular weight is 300 g/mol. The molecule has 5 nitrogen and oxygen atoms in total. The Bertz CT molecular complexity index is 446. The molecule has 1 aromatic carbocycles. The second kappa shape index (κ2) is 8.55. The molecule has 0 aliphatic heterocycles. The van der Waals surface area contributed by atoms with E-state index in [2.05, 4.69) is 19.2 Å². The first-order valence-corrected chi connectivity index (χ1v) is 6.30. The smallest absolute Gasteiger partial charge is 0.237 e. The van der Waals surface area contributed by atoms with Gasteiger partial charge in [0.25, 0.3) is 0 Å². The van der Waals surface area contributed by atoms with Gasteiger partial charge in [0.15, 0.2) is 0 Å². The molecule has 2 amide bonds. The summed E-state index contributed by atoms with van der Waals surface area (Å²) >= 11 is 0. The first-order valence-electron chi connectivity index (χ1n) is 6.30. The normalized spacial score (nSPS) is 11.6. The molecule has 0 heterocycles. The number of benzene rings is 1. The predicted molar refractivity (Wildman–Crippen MR) is 81.4 cm³/mol. The van der Waals surface area contributed by atoms with Crippen LogP contribution in [0.25, 0.3) is 0 Å². The monoisotopic (exact) mass is 299 g/mol. The van der Waals surface area contributed by atoms with Crippen LogP contribution in [-0.4, -0.2) is 17.9 Å². The van der Waals surface area contributed by atoms with Crippen LogP contribution in [0.4, 0.5) is 0 Å². The second-order valence-electron chi connectivity index (χ2n) is 4.89. The molecule has 0 bridgehead atoms. The minimum absolute atomic E-state index is 0. The maximum atomic E-state index is 11.6. The summed E-state index contributed by atoms with van der Waals surface area (Å²) in [5.74, 6) is -0.469. The van der Waals surface area contributed by atoms with Crippen molar-refractivity contribution in [1.82, 2.24) is 5.32 Å². The molecule has 1 atom stereocenters. The van der Waals surface area contributed by atoms with Gasteiger partial charge in [-0.2, -0.15) is 0 Å². The van der Waals surface area contributed by atoms with Gasteiger partial charge in [-0.1, -0.05) is 38.1 Å². The fourth-order valence-corrected chi connectivity index (χ4v) is 1.65. The lowest BCUT2D eigenvalue weighted by Gasteiger charge is -2.11. The number of carbonyl (C=O) groups is 2. The highest BCUT2D eigenvalue weighted by Crippen LogP contribution is 2.14. The number of nitrogens with two attached hydrogens (primary N) is 2. The van der Waals surface area contributed by atoms with Gasteiger partial charge in [-0.05, 0) is 17.0 Å². The summed E-state index contributed by atoms with van der Waals surface area (Å²) < 4.78 is 0. The van der Waals surface area contributed by atoms with E-state index < -0.39 is 11.9 Å². The van der Waals surface area contributed by atoms with Crippen molar-refractivity contribution in [2.45, 2.75) is 38.8 Å². The molecule has 0 saturated carbocycles. The Labute approximate surface area is 125 Å². The summed E-state index contributed by atoms with van der Waals surface area (Å²) in [6, 6.07) is 7.13. The molecule has 0 saturated heterocycles. The summed E-state index contributed by atoms with van der Waals surface area (Å²) in [4.78, 5) is 22.2. The van der Waals surface area contributed by atoms with Crippen molar-refractivity contribution in [2.75, 3.05) is 0 Å². The summed E-state index contributed by atoms with van der Waals surface area (Å²) in [5.41, 5.74) is 12.8. The lowest BCUT2D eigenvalue weighted by molar-refractivity contribution is -0.126. The summed E-state index contributed by atoms with van der Waals surface area (Å²) in [6.07, 6.45) is -0.141. The Hall–Kier alpha value is -1.59. The number of hydrogen-bond donors (Lipinski definition) is 3. The topological polar surface area (TPSA) is 98.2 Å². The van der Waals surface area contributed by atoms with Gasteiger partial charge in [-0.15, -0.1) is 12.4 Å².